The molecular formula is C15H18N4O. The number of hydrogen-bond acceptors (Lipinski definition) is 3. The number of hydrogen-bond donors (Lipinski definition) is 3. The van der Waals surface area contributed by atoms with Gasteiger partial charge in [0.1, 0.15) is 11.6 Å². The van der Waals surface area contributed by atoms with Crippen LogP contribution in [0.5, 0.6) is 5.75 Å². The fourth-order valence-electron chi connectivity index (χ4n) is 1.82. The number of methoxy groups -OCH3 is 1. The maximum absolute atomic E-state index is 7.87. The molecule has 2 rings (SSSR count). The number of anilines is 1. The van der Waals surface area contributed by atoms with Crippen LogP contribution < -0.4 is 15.4 Å². The van der Waals surface area contributed by atoms with Gasteiger partial charge in [-0.05, 0) is 25.1 Å². The minimum Gasteiger partial charge on any atom is -0.496 e. The third kappa shape index (κ3) is 3.71. The first-order chi connectivity index (χ1) is 9.69. The fourth-order valence-corrected chi connectivity index (χ4v) is 1.82. The van der Waals surface area contributed by atoms with Crippen molar-refractivity contribution in [1.82, 2.24) is 10.3 Å². The van der Waals surface area contributed by atoms with E-state index in [2.05, 4.69) is 15.6 Å². The Labute approximate surface area is 118 Å². The van der Waals surface area contributed by atoms with Crippen LogP contribution in [0.25, 0.3) is 0 Å². The third-order valence-electron chi connectivity index (χ3n) is 2.79. The average molecular weight is 270 g/mol. The van der Waals surface area contributed by atoms with Gasteiger partial charge in [-0.3, -0.25) is 5.41 Å². The number of nitrogens with zero attached hydrogens (tertiary/aromatic N) is 1. The Morgan fingerprint density at radius 3 is 2.75 bits per heavy atom. The second kappa shape index (κ2) is 6.56. The molecule has 0 aliphatic heterocycles. The van der Waals surface area contributed by atoms with Crippen molar-refractivity contribution in [2.45, 2.75) is 13.5 Å². The summed E-state index contributed by atoms with van der Waals surface area (Å²) in [6.45, 7) is 2.43. The molecular weight excluding hydrogens is 252 g/mol. The van der Waals surface area contributed by atoms with Gasteiger partial charge in [0.25, 0.3) is 0 Å². The van der Waals surface area contributed by atoms with Crippen LogP contribution in [0, 0.1) is 12.3 Å². The van der Waals surface area contributed by atoms with Gasteiger partial charge in [-0.2, -0.15) is 0 Å². The lowest BCUT2D eigenvalue weighted by molar-refractivity contribution is 0.409. The molecule has 0 amide bonds. The lowest BCUT2D eigenvalue weighted by Gasteiger charge is -2.12. The Hall–Kier alpha value is -2.56. The molecule has 0 bridgehead atoms. The average Bonchev–Trinajstić information content (AvgIpc) is 2.45. The molecule has 0 unspecified atom stereocenters. The van der Waals surface area contributed by atoms with E-state index in [1.807, 2.05) is 49.4 Å². The summed E-state index contributed by atoms with van der Waals surface area (Å²) in [5.74, 6) is 1.66. The normalized spacial score (nSPS) is 9.90. The van der Waals surface area contributed by atoms with Crippen LogP contribution in [0.1, 0.15) is 11.3 Å². The Bertz CT molecular complexity index is 598. The third-order valence-corrected chi connectivity index (χ3v) is 2.79. The fraction of sp³-hybridized carbons (Fsp3) is 0.200. The Morgan fingerprint density at radius 2 is 2.00 bits per heavy atom. The number of para-hydroxylation sites is 1. The number of benzene rings is 1. The molecule has 5 heteroatoms. The molecule has 5 nitrogen and oxygen atoms in total. The highest BCUT2D eigenvalue weighted by atomic mass is 16.5. The van der Waals surface area contributed by atoms with Crippen molar-refractivity contribution in [2.75, 3.05) is 12.4 Å². The molecule has 1 heterocycles. The van der Waals surface area contributed by atoms with E-state index in [1.165, 1.54) is 0 Å². The molecule has 0 radical (unpaired) electrons. The summed E-state index contributed by atoms with van der Waals surface area (Å²) in [4.78, 5) is 4.29. The van der Waals surface area contributed by atoms with Gasteiger partial charge in [0.05, 0.1) is 7.11 Å². The predicted molar refractivity (Wildman–Crippen MR) is 80.2 cm³/mol. The van der Waals surface area contributed by atoms with Crippen molar-refractivity contribution in [2.24, 2.45) is 0 Å². The number of aryl methyl sites for hydroxylation is 1. The van der Waals surface area contributed by atoms with Gasteiger partial charge in [-0.1, -0.05) is 24.3 Å². The number of pyridine rings is 1. The molecule has 1 aromatic carbocycles. The van der Waals surface area contributed by atoms with E-state index in [4.69, 9.17) is 10.1 Å². The van der Waals surface area contributed by atoms with E-state index in [9.17, 15) is 0 Å². The highest BCUT2D eigenvalue weighted by Gasteiger charge is 2.03. The smallest absolute Gasteiger partial charge is 0.194 e. The van der Waals surface area contributed by atoms with Gasteiger partial charge in [-0.25, -0.2) is 4.98 Å². The van der Waals surface area contributed by atoms with Crippen molar-refractivity contribution in [1.29, 1.82) is 5.41 Å². The topological polar surface area (TPSA) is 70.0 Å². The molecule has 104 valence electrons. The number of ether oxygens (including phenoxy) is 1. The second-order valence-electron chi connectivity index (χ2n) is 4.33. The van der Waals surface area contributed by atoms with E-state index < -0.39 is 0 Å². The monoisotopic (exact) mass is 270 g/mol. The first-order valence-electron chi connectivity index (χ1n) is 6.34. The van der Waals surface area contributed by atoms with E-state index in [0.29, 0.717) is 12.4 Å². The maximum atomic E-state index is 7.87. The molecule has 0 fully saturated rings. The van der Waals surface area contributed by atoms with Crippen LogP contribution in [0.4, 0.5) is 5.82 Å². The van der Waals surface area contributed by atoms with Gasteiger partial charge >= 0.3 is 0 Å². The highest BCUT2D eigenvalue weighted by Crippen LogP contribution is 2.16. The van der Waals surface area contributed by atoms with Crippen LogP contribution in [0.3, 0.4) is 0 Å². The summed E-state index contributed by atoms with van der Waals surface area (Å²) < 4.78 is 5.27. The van der Waals surface area contributed by atoms with Crippen LogP contribution in [-0.2, 0) is 6.54 Å². The number of guanidine groups is 1. The van der Waals surface area contributed by atoms with E-state index in [0.717, 1.165) is 17.0 Å². The SMILES string of the molecule is COc1ccccc1CNC(=N)Nc1cccc(C)n1. The van der Waals surface area contributed by atoms with E-state index in [-0.39, 0.29) is 5.96 Å². The Kier molecular flexibility index (Phi) is 4.55. The summed E-state index contributed by atoms with van der Waals surface area (Å²) in [5, 5.41) is 13.8. The van der Waals surface area contributed by atoms with Crippen LogP contribution in [0.2, 0.25) is 0 Å². The summed E-state index contributed by atoms with van der Waals surface area (Å²) in [6, 6.07) is 13.4. The van der Waals surface area contributed by atoms with Crippen LogP contribution in [-0.4, -0.2) is 18.1 Å². The summed E-state index contributed by atoms with van der Waals surface area (Å²) >= 11 is 0. The standard InChI is InChI=1S/C15H18N4O/c1-11-6-5-9-14(18-11)19-15(16)17-10-12-7-3-4-8-13(12)20-2/h3-9H,10H2,1-2H3,(H3,16,17,18,19). The van der Waals surface area contributed by atoms with Gasteiger partial charge in [0.2, 0.25) is 0 Å². The summed E-state index contributed by atoms with van der Waals surface area (Å²) in [6.07, 6.45) is 0. The van der Waals surface area contributed by atoms with Crippen molar-refractivity contribution in [3.8, 4) is 5.75 Å². The molecule has 3 N–H and O–H groups in total. The molecule has 0 saturated heterocycles. The molecule has 0 spiro atoms. The maximum Gasteiger partial charge on any atom is 0.194 e. The minimum atomic E-state index is 0.203. The van der Waals surface area contributed by atoms with Crippen molar-refractivity contribution >= 4 is 11.8 Å². The van der Waals surface area contributed by atoms with Crippen LogP contribution >= 0.6 is 0 Å². The molecule has 0 aliphatic carbocycles. The quantitative estimate of drug-likeness (QED) is 0.590. The molecule has 2 aromatic rings. The van der Waals surface area contributed by atoms with Gasteiger partial charge in [0.15, 0.2) is 5.96 Å². The number of rotatable bonds is 4. The van der Waals surface area contributed by atoms with E-state index in [1.54, 1.807) is 7.11 Å². The molecule has 0 atom stereocenters. The minimum absolute atomic E-state index is 0.203. The Morgan fingerprint density at radius 1 is 1.20 bits per heavy atom. The summed E-state index contributed by atoms with van der Waals surface area (Å²) in [5.41, 5.74) is 1.91. The van der Waals surface area contributed by atoms with Crippen molar-refractivity contribution in [3.63, 3.8) is 0 Å². The molecule has 1 aromatic heterocycles. The lowest BCUT2D eigenvalue weighted by atomic mass is 10.2. The summed E-state index contributed by atoms with van der Waals surface area (Å²) in [7, 11) is 1.64. The van der Waals surface area contributed by atoms with Gasteiger partial charge in [-0.15, -0.1) is 0 Å². The zero-order valence-corrected chi connectivity index (χ0v) is 11.6. The van der Waals surface area contributed by atoms with Crippen molar-refractivity contribution in [3.05, 3.63) is 53.7 Å². The Balaban J connectivity index is 1.92. The zero-order chi connectivity index (χ0) is 14.4. The largest absolute Gasteiger partial charge is 0.496 e. The molecule has 20 heavy (non-hydrogen) atoms. The number of aromatic nitrogens is 1. The van der Waals surface area contributed by atoms with Gasteiger partial charge in [0, 0.05) is 17.8 Å². The molecule has 0 saturated carbocycles. The second-order valence-corrected chi connectivity index (χ2v) is 4.33. The zero-order valence-electron chi connectivity index (χ0n) is 11.6. The highest BCUT2D eigenvalue weighted by molar-refractivity contribution is 5.90. The first-order valence-corrected chi connectivity index (χ1v) is 6.34. The van der Waals surface area contributed by atoms with Crippen molar-refractivity contribution < 1.29 is 4.74 Å². The van der Waals surface area contributed by atoms with Gasteiger partial charge < -0.3 is 15.4 Å². The lowest BCUT2D eigenvalue weighted by Crippen LogP contribution is -2.29. The number of nitrogens with one attached hydrogen (secondary N) is 3. The van der Waals surface area contributed by atoms with Crippen LogP contribution in [0.15, 0.2) is 42.5 Å². The first kappa shape index (κ1) is 13.9. The predicted octanol–water partition coefficient (Wildman–Crippen LogP) is 2.54. The van der Waals surface area contributed by atoms with E-state index >= 15 is 0 Å². The molecule has 0 aliphatic rings.